The quantitative estimate of drug-likeness (QED) is 0.240. The second-order valence-electron chi connectivity index (χ2n) is 6.85. The fourth-order valence-electron chi connectivity index (χ4n) is 2.84. The van der Waals surface area contributed by atoms with Crippen molar-refractivity contribution in [3.63, 3.8) is 0 Å². The Morgan fingerprint density at radius 3 is 1.29 bits per heavy atom. The topological polar surface area (TPSA) is 77.4 Å². The average molecular weight is 373 g/mol. The van der Waals surface area contributed by atoms with Crippen molar-refractivity contribution in [1.82, 2.24) is 0 Å². The van der Waals surface area contributed by atoms with Gasteiger partial charge in [0.25, 0.3) is 0 Å². The fraction of sp³-hybridized carbons (Fsp3) is 1.00. The molecule has 1 N–H and O–H groups in total. The summed E-state index contributed by atoms with van der Waals surface area (Å²) in [4.78, 5) is 0. The molecule has 0 heterocycles. The molecule has 6 heteroatoms. The third-order valence-electron chi connectivity index (χ3n) is 4.27. The van der Waals surface area contributed by atoms with Crippen LogP contribution in [0.1, 0.15) is 103 Å². The number of aliphatic hydroxyl groups excluding tert-OH is 1. The van der Waals surface area contributed by atoms with Gasteiger partial charge in [0.2, 0.25) is 0 Å². The molecule has 0 fully saturated rings. The molecule has 24 heavy (non-hydrogen) atoms. The predicted molar refractivity (Wildman–Crippen MR) is 95.5 cm³/mol. The molecule has 0 spiro atoms. The molecule has 0 aromatic carbocycles. The van der Waals surface area contributed by atoms with Gasteiger partial charge in [-0.05, 0) is 19.8 Å². The fourth-order valence-corrected chi connectivity index (χ4v) is 3.40. The maximum atomic E-state index is 10.4. The minimum Gasteiger partial charge on any atom is -0.748 e. The van der Waals surface area contributed by atoms with Gasteiger partial charge >= 0.3 is 29.6 Å². The zero-order valence-electron chi connectivity index (χ0n) is 16.0. The van der Waals surface area contributed by atoms with Crippen LogP contribution in [0, 0.1) is 0 Å². The van der Waals surface area contributed by atoms with Crippen molar-refractivity contribution in [2.75, 3.05) is 5.75 Å². The summed E-state index contributed by atoms with van der Waals surface area (Å²) in [6, 6.07) is 0. The van der Waals surface area contributed by atoms with Crippen molar-refractivity contribution in [1.29, 1.82) is 0 Å². The molecular weight excluding hydrogens is 335 g/mol. The van der Waals surface area contributed by atoms with Crippen LogP contribution < -0.4 is 29.6 Å². The molecule has 0 rings (SSSR count). The first-order valence-corrected chi connectivity index (χ1v) is 11.1. The molecule has 0 saturated heterocycles. The Hall–Kier alpha value is 0.870. The van der Waals surface area contributed by atoms with E-state index in [-0.39, 0.29) is 41.4 Å². The van der Waals surface area contributed by atoms with Crippen LogP contribution in [-0.4, -0.2) is 29.9 Å². The number of rotatable bonds is 17. The third-order valence-corrected chi connectivity index (χ3v) is 5.05. The summed E-state index contributed by atoms with van der Waals surface area (Å²) in [6.07, 6.45) is 17.2. The van der Waals surface area contributed by atoms with Gasteiger partial charge in [-0.25, -0.2) is 8.42 Å². The van der Waals surface area contributed by atoms with E-state index in [0.717, 1.165) is 32.1 Å². The molecule has 0 amide bonds. The maximum Gasteiger partial charge on any atom is 1.00 e. The third kappa shape index (κ3) is 25.1. The van der Waals surface area contributed by atoms with Crippen molar-refractivity contribution >= 4 is 10.1 Å². The van der Waals surface area contributed by atoms with Crippen molar-refractivity contribution in [3.8, 4) is 0 Å². The van der Waals surface area contributed by atoms with E-state index in [1.165, 1.54) is 57.8 Å². The summed E-state index contributed by atoms with van der Waals surface area (Å²) in [5.41, 5.74) is 0. The minimum atomic E-state index is -4.01. The number of aliphatic hydroxyl groups is 1. The molecule has 0 saturated carbocycles. The van der Waals surface area contributed by atoms with Crippen molar-refractivity contribution in [2.45, 2.75) is 109 Å². The van der Waals surface area contributed by atoms with Gasteiger partial charge in [-0.2, -0.15) is 0 Å². The van der Waals surface area contributed by atoms with Crippen LogP contribution in [0.3, 0.4) is 0 Å². The minimum absolute atomic E-state index is 0. The van der Waals surface area contributed by atoms with Gasteiger partial charge in [-0.1, -0.05) is 83.5 Å². The van der Waals surface area contributed by atoms with Gasteiger partial charge in [-0.3, -0.25) is 0 Å². The second kappa shape index (κ2) is 18.7. The van der Waals surface area contributed by atoms with Crippen LogP contribution >= 0.6 is 0 Å². The van der Waals surface area contributed by atoms with E-state index in [1.54, 1.807) is 0 Å². The Morgan fingerprint density at radius 1 is 0.708 bits per heavy atom. The average Bonchev–Trinajstić information content (AvgIpc) is 2.45. The molecule has 0 radical (unpaired) electrons. The first-order chi connectivity index (χ1) is 10.9. The predicted octanol–water partition coefficient (Wildman–Crippen LogP) is 1.77. The van der Waals surface area contributed by atoms with Crippen LogP contribution in [0.25, 0.3) is 0 Å². The molecule has 1 unspecified atom stereocenters. The molecule has 0 aromatic heterocycles. The van der Waals surface area contributed by atoms with E-state index in [4.69, 9.17) is 5.11 Å². The summed E-state index contributed by atoms with van der Waals surface area (Å²) >= 11 is 0. The summed E-state index contributed by atoms with van der Waals surface area (Å²) in [6.45, 7) is 1.86. The van der Waals surface area contributed by atoms with Gasteiger partial charge in [0.15, 0.2) is 0 Å². The Balaban J connectivity index is 0. The van der Waals surface area contributed by atoms with Crippen molar-refractivity contribution in [2.24, 2.45) is 0 Å². The van der Waals surface area contributed by atoms with Gasteiger partial charge in [-0.15, -0.1) is 0 Å². The van der Waals surface area contributed by atoms with Gasteiger partial charge < -0.3 is 9.66 Å². The molecule has 0 aliphatic heterocycles. The Morgan fingerprint density at radius 2 is 1.00 bits per heavy atom. The van der Waals surface area contributed by atoms with Gasteiger partial charge in [0.1, 0.15) is 0 Å². The summed E-state index contributed by atoms with van der Waals surface area (Å²) in [5, 5.41) is 9.15. The molecule has 0 aliphatic rings. The first kappa shape index (κ1) is 27.1. The molecule has 4 nitrogen and oxygen atoms in total. The molecule has 0 aliphatic carbocycles. The van der Waals surface area contributed by atoms with Gasteiger partial charge in [0.05, 0.1) is 16.2 Å². The second-order valence-corrected chi connectivity index (χ2v) is 8.37. The molecular formula is C18H37NaO4S. The molecule has 0 aromatic rings. The zero-order chi connectivity index (χ0) is 17.4. The zero-order valence-corrected chi connectivity index (χ0v) is 18.8. The normalized spacial score (nSPS) is 12.8. The standard InChI is InChI=1S/C18H38O4S.Na/c1-18(19)16-14-12-10-8-6-4-2-3-5-7-9-11-13-15-17-23(20,21)22;/h18-19H,2-17H2,1H3,(H,20,21,22);/q;+1/p-1. The van der Waals surface area contributed by atoms with Crippen LogP contribution in [0.15, 0.2) is 0 Å². The Labute approximate surface area is 172 Å². The largest absolute Gasteiger partial charge is 1.00 e. The SMILES string of the molecule is CC(O)CCCCCCCCCCCCCCCCS(=O)(=O)[O-].[Na+]. The van der Waals surface area contributed by atoms with Crippen LogP contribution in [0.5, 0.6) is 0 Å². The Kier molecular flexibility index (Phi) is 21.1. The number of hydrogen-bond acceptors (Lipinski definition) is 4. The van der Waals surface area contributed by atoms with Crippen LogP contribution in [-0.2, 0) is 10.1 Å². The van der Waals surface area contributed by atoms with Crippen molar-refractivity contribution in [3.05, 3.63) is 0 Å². The smallest absolute Gasteiger partial charge is 0.748 e. The van der Waals surface area contributed by atoms with E-state index >= 15 is 0 Å². The Bertz CT molecular complexity index is 345. The number of hydrogen-bond donors (Lipinski definition) is 1. The maximum absolute atomic E-state index is 10.4. The first-order valence-electron chi connectivity index (χ1n) is 9.53. The van der Waals surface area contributed by atoms with Crippen LogP contribution in [0.4, 0.5) is 0 Å². The molecule has 140 valence electrons. The van der Waals surface area contributed by atoms with E-state index in [1.807, 2.05) is 6.92 Å². The number of unbranched alkanes of at least 4 members (excludes halogenated alkanes) is 13. The summed E-state index contributed by atoms with van der Waals surface area (Å²) < 4.78 is 31.3. The van der Waals surface area contributed by atoms with Crippen LogP contribution in [0.2, 0.25) is 0 Å². The summed E-state index contributed by atoms with van der Waals surface area (Å²) in [7, 11) is -4.01. The van der Waals surface area contributed by atoms with E-state index in [0.29, 0.717) is 6.42 Å². The van der Waals surface area contributed by atoms with E-state index in [2.05, 4.69) is 0 Å². The van der Waals surface area contributed by atoms with Crippen molar-refractivity contribution < 1.29 is 47.6 Å². The monoisotopic (exact) mass is 372 g/mol. The van der Waals surface area contributed by atoms with E-state index in [9.17, 15) is 13.0 Å². The van der Waals surface area contributed by atoms with Gasteiger partial charge in [0, 0.05) is 5.75 Å². The molecule has 1 atom stereocenters. The molecule has 0 bridgehead atoms. The summed E-state index contributed by atoms with van der Waals surface area (Å²) in [5.74, 6) is -0.202. The van der Waals surface area contributed by atoms with E-state index < -0.39 is 10.1 Å².